The molecule has 108 valence electrons. The Morgan fingerprint density at radius 3 is 2.75 bits per heavy atom. The van der Waals surface area contributed by atoms with Crippen LogP contribution in [0.25, 0.3) is 0 Å². The van der Waals surface area contributed by atoms with E-state index in [9.17, 15) is 0 Å². The molecule has 0 bridgehead atoms. The zero-order valence-electron chi connectivity index (χ0n) is 11.8. The lowest BCUT2D eigenvalue weighted by atomic mass is 10.1. The van der Waals surface area contributed by atoms with E-state index < -0.39 is 0 Å². The summed E-state index contributed by atoms with van der Waals surface area (Å²) in [6.45, 7) is 6.00. The van der Waals surface area contributed by atoms with E-state index in [4.69, 9.17) is 5.73 Å². The summed E-state index contributed by atoms with van der Waals surface area (Å²) in [6, 6.07) is 8.49. The van der Waals surface area contributed by atoms with Crippen LogP contribution in [0, 0.1) is 0 Å². The van der Waals surface area contributed by atoms with Gasteiger partial charge in [0, 0.05) is 33.5 Å². The van der Waals surface area contributed by atoms with Gasteiger partial charge in [-0.25, -0.2) is 0 Å². The summed E-state index contributed by atoms with van der Waals surface area (Å²) in [7, 11) is 0. The molecule has 2 atom stereocenters. The number of nitrogens with two attached hydrogens (primary N) is 1. The van der Waals surface area contributed by atoms with Crippen molar-refractivity contribution in [2.75, 3.05) is 6.54 Å². The third-order valence-electron chi connectivity index (χ3n) is 3.27. The summed E-state index contributed by atoms with van der Waals surface area (Å²) in [5, 5.41) is 2.11. The molecule has 0 aliphatic heterocycles. The summed E-state index contributed by atoms with van der Waals surface area (Å²) in [5.41, 5.74) is 7.32. The van der Waals surface area contributed by atoms with Gasteiger partial charge in [-0.1, -0.05) is 13.0 Å². The van der Waals surface area contributed by atoms with Gasteiger partial charge in [0.15, 0.2) is 0 Å². The maximum atomic E-state index is 6.24. The molecule has 0 radical (unpaired) electrons. The highest BCUT2D eigenvalue weighted by atomic mass is 79.9. The van der Waals surface area contributed by atoms with E-state index in [0.29, 0.717) is 0 Å². The minimum atomic E-state index is 0.0733. The van der Waals surface area contributed by atoms with E-state index in [0.717, 1.165) is 23.3 Å². The van der Waals surface area contributed by atoms with Crippen molar-refractivity contribution in [2.45, 2.75) is 32.5 Å². The van der Waals surface area contributed by atoms with Crippen molar-refractivity contribution in [1.82, 2.24) is 9.88 Å². The Bertz CT molecular complexity index is 527. The summed E-state index contributed by atoms with van der Waals surface area (Å²) in [5.74, 6) is 0. The van der Waals surface area contributed by atoms with Crippen molar-refractivity contribution < 1.29 is 0 Å². The predicted molar refractivity (Wildman–Crippen MR) is 88.7 cm³/mol. The van der Waals surface area contributed by atoms with E-state index in [-0.39, 0.29) is 12.1 Å². The molecule has 2 heterocycles. The van der Waals surface area contributed by atoms with Gasteiger partial charge in [-0.3, -0.25) is 9.88 Å². The van der Waals surface area contributed by atoms with Crippen molar-refractivity contribution >= 4 is 27.3 Å². The second-order valence-corrected chi connectivity index (χ2v) is 6.71. The highest BCUT2D eigenvalue weighted by Crippen LogP contribution is 2.32. The zero-order valence-corrected chi connectivity index (χ0v) is 14.2. The van der Waals surface area contributed by atoms with Crippen LogP contribution in [0.1, 0.15) is 30.5 Å². The van der Waals surface area contributed by atoms with Crippen LogP contribution in [0.4, 0.5) is 0 Å². The Labute approximate surface area is 133 Å². The molecule has 2 rings (SSSR count). The number of rotatable bonds is 6. The molecule has 0 amide bonds. The lowest BCUT2D eigenvalue weighted by Crippen LogP contribution is -2.38. The van der Waals surface area contributed by atoms with Gasteiger partial charge in [-0.15, -0.1) is 11.3 Å². The second kappa shape index (κ2) is 7.31. The molecule has 0 saturated heterocycles. The standard InChI is InChI=1S/C15H20BrN3S/c1-3-19(9-13-6-4-5-7-18-13)15(11(2)17)14-8-12(16)10-20-14/h4-8,10-11,15H,3,9,17H2,1-2H3. The number of likely N-dealkylation sites (N-methyl/N-ethyl adjacent to an activating group) is 1. The van der Waals surface area contributed by atoms with Crippen molar-refractivity contribution in [3.63, 3.8) is 0 Å². The normalized spacial score (nSPS) is 14.4. The maximum absolute atomic E-state index is 6.24. The number of hydrogen-bond acceptors (Lipinski definition) is 4. The van der Waals surface area contributed by atoms with Crippen LogP contribution in [0.5, 0.6) is 0 Å². The van der Waals surface area contributed by atoms with Crippen LogP contribution in [-0.4, -0.2) is 22.5 Å². The molecule has 0 aliphatic carbocycles. The van der Waals surface area contributed by atoms with Gasteiger partial charge in [0.05, 0.1) is 11.7 Å². The molecule has 2 unspecified atom stereocenters. The number of nitrogens with zero attached hydrogens (tertiary/aromatic N) is 2. The smallest absolute Gasteiger partial charge is 0.0594 e. The minimum Gasteiger partial charge on any atom is -0.326 e. The molecule has 0 spiro atoms. The van der Waals surface area contributed by atoms with Crippen LogP contribution in [0.2, 0.25) is 0 Å². The summed E-state index contributed by atoms with van der Waals surface area (Å²) >= 11 is 5.28. The Morgan fingerprint density at radius 2 is 2.25 bits per heavy atom. The van der Waals surface area contributed by atoms with Gasteiger partial charge < -0.3 is 5.73 Å². The molecule has 2 aromatic heterocycles. The summed E-state index contributed by atoms with van der Waals surface area (Å²) in [4.78, 5) is 8.09. The van der Waals surface area contributed by atoms with E-state index in [2.05, 4.69) is 57.2 Å². The SMILES string of the molecule is CCN(Cc1ccccn1)C(c1cc(Br)cs1)C(C)N. The first-order valence-electron chi connectivity index (χ1n) is 6.75. The fraction of sp³-hybridized carbons (Fsp3) is 0.400. The van der Waals surface area contributed by atoms with E-state index in [1.807, 2.05) is 18.3 Å². The molecule has 0 saturated carbocycles. The fourth-order valence-electron chi connectivity index (χ4n) is 2.36. The quantitative estimate of drug-likeness (QED) is 0.858. The molecule has 20 heavy (non-hydrogen) atoms. The Morgan fingerprint density at radius 1 is 1.45 bits per heavy atom. The Kier molecular flexibility index (Phi) is 5.72. The lowest BCUT2D eigenvalue weighted by molar-refractivity contribution is 0.178. The molecule has 0 aliphatic rings. The van der Waals surface area contributed by atoms with Crippen molar-refractivity contribution in [3.8, 4) is 0 Å². The molecule has 0 fully saturated rings. The molecular weight excluding hydrogens is 334 g/mol. The van der Waals surface area contributed by atoms with Crippen LogP contribution in [0.15, 0.2) is 40.3 Å². The number of hydrogen-bond donors (Lipinski definition) is 1. The highest BCUT2D eigenvalue weighted by Gasteiger charge is 2.24. The van der Waals surface area contributed by atoms with Crippen molar-refractivity contribution in [1.29, 1.82) is 0 Å². The number of pyridine rings is 1. The summed E-state index contributed by atoms with van der Waals surface area (Å²) in [6.07, 6.45) is 1.84. The van der Waals surface area contributed by atoms with Gasteiger partial charge in [0.2, 0.25) is 0 Å². The van der Waals surface area contributed by atoms with E-state index >= 15 is 0 Å². The molecule has 0 aromatic carbocycles. The van der Waals surface area contributed by atoms with E-state index in [1.54, 1.807) is 11.3 Å². The average Bonchev–Trinajstić information content (AvgIpc) is 2.85. The fourth-order valence-corrected chi connectivity index (χ4v) is 4.05. The lowest BCUT2D eigenvalue weighted by Gasteiger charge is -2.32. The molecular formula is C15H20BrN3S. The van der Waals surface area contributed by atoms with Crippen molar-refractivity contribution in [3.05, 3.63) is 50.9 Å². The summed E-state index contributed by atoms with van der Waals surface area (Å²) < 4.78 is 1.12. The topological polar surface area (TPSA) is 42.2 Å². The number of aromatic nitrogens is 1. The Balaban J connectivity index is 2.22. The van der Waals surface area contributed by atoms with Crippen LogP contribution >= 0.6 is 27.3 Å². The number of halogens is 1. The van der Waals surface area contributed by atoms with Gasteiger partial charge in [0.25, 0.3) is 0 Å². The van der Waals surface area contributed by atoms with Crippen LogP contribution < -0.4 is 5.73 Å². The van der Waals surface area contributed by atoms with Crippen LogP contribution in [0.3, 0.4) is 0 Å². The van der Waals surface area contributed by atoms with E-state index in [1.165, 1.54) is 4.88 Å². The van der Waals surface area contributed by atoms with Crippen molar-refractivity contribution in [2.24, 2.45) is 5.73 Å². The first-order chi connectivity index (χ1) is 9.61. The first-order valence-corrected chi connectivity index (χ1v) is 8.42. The predicted octanol–water partition coefficient (Wildman–Crippen LogP) is 3.82. The molecule has 2 aromatic rings. The Hall–Kier alpha value is -0.750. The minimum absolute atomic E-state index is 0.0733. The van der Waals surface area contributed by atoms with Gasteiger partial charge in [-0.05, 0) is 47.6 Å². The van der Waals surface area contributed by atoms with Gasteiger partial charge >= 0.3 is 0 Å². The molecule has 5 heteroatoms. The number of thiophene rings is 1. The third kappa shape index (κ3) is 3.88. The third-order valence-corrected chi connectivity index (χ3v) is 5.03. The van der Waals surface area contributed by atoms with Gasteiger partial charge in [0.1, 0.15) is 0 Å². The average molecular weight is 354 g/mol. The van der Waals surface area contributed by atoms with Crippen LogP contribution in [-0.2, 0) is 6.54 Å². The molecule has 3 nitrogen and oxygen atoms in total. The van der Waals surface area contributed by atoms with Gasteiger partial charge in [-0.2, -0.15) is 0 Å². The second-order valence-electron chi connectivity index (χ2n) is 4.86. The molecule has 2 N–H and O–H groups in total. The monoisotopic (exact) mass is 353 g/mol. The zero-order chi connectivity index (χ0) is 14.5. The largest absolute Gasteiger partial charge is 0.326 e. The maximum Gasteiger partial charge on any atom is 0.0594 e. The first kappa shape index (κ1) is 15.6. The highest BCUT2D eigenvalue weighted by molar-refractivity contribution is 9.10.